The smallest absolute Gasteiger partial charge is 0.303 e. The third kappa shape index (κ3) is 2.39. The number of carbonyl (C=O) groups is 1. The first-order valence-electron chi connectivity index (χ1n) is 6.95. The SMILES string of the molecule is Cc1nc2c(-c3ccccc3)c[nH]n2c(=O)c1CCC(=O)O. The molecule has 0 saturated heterocycles. The second-order valence-electron chi connectivity index (χ2n) is 5.09. The minimum atomic E-state index is -0.930. The average Bonchev–Trinajstić information content (AvgIpc) is 2.91. The summed E-state index contributed by atoms with van der Waals surface area (Å²) in [6.07, 6.45) is 1.82. The fourth-order valence-corrected chi connectivity index (χ4v) is 2.51. The van der Waals surface area contributed by atoms with Crippen LogP contribution in [0.4, 0.5) is 0 Å². The Balaban J connectivity index is 2.15. The number of benzene rings is 1. The summed E-state index contributed by atoms with van der Waals surface area (Å²) in [5.41, 5.74) is 3.11. The summed E-state index contributed by atoms with van der Waals surface area (Å²) in [5.74, 6) is -0.930. The Morgan fingerprint density at radius 1 is 1.32 bits per heavy atom. The van der Waals surface area contributed by atoms with E-state index in [0.29, 0.717) is 16.9 Å². The Morgan fingerprint density at radius 3 is 2.73 bits per heavy atom. The van der Waals surface area contributed by atoms with Gasteiger partial charge in [0.15, 0.2) is 5.65 Å². The van der Waals surface area contributed by atoms with E-state index in [4.69, 9.17) is 5.11 Å². The Morgan fingerprint density at radius 2 is 2.05 bits per heavy atom. The van der Waals surface area contributed by atoms with E-state index in [9.17, 15) is 9.59 Å². The number of carboxylic acid groups (broad SMARTS) is 1. The van der Waals surface area contributed by atoms with Crippen LogP contribution in [-0.2, 0) is 11.2 Å². The van der Waals surface area contributed by atoms with Crippen LogP contribution in [0.3, 0.4) is 0 Å². The lowest BCUT2D eigenvalue weighted by molar-refractivity contribution is -0.136. The van der Waals surface area contributed by atoms with Crippen molar-refractivity contribution >= 4 is 11.6 Å². The normalized spacial score (nSPS) is 11.0. The number of aryl methyl sites for hydroxylation is 1. The molecule has 0 aliphatic carbocycles. The van der Waals surface area contributed by atoms with Crippen LogP contribution in [0, 0.1) is 6.92 Å². The topological polar surface area (TPSA) is 87.5 Å². The van der Waals surface area contributed by atoms with Crippen LogP contribution in [0.25, 0.3) is 16.8 Å². The van der Waals surface area contributed by atoms with E-state index in [-0.39, 0.29) is 18.4 Å². The summed E-state index contributed by atoms with van der Waals surface area (Å²) in [5, 5.41) is 11.7. The van der Waals surface area contributed by atoms with Gasteiger partial charge in [0, 0.05) is 29.4 Å². The van der Waals surface area contributed by atoms with Gasteiger partial charge >= 0.3 is 5.97 Å². The predicted octanol–water partition coefficient (Wildman–Crippen LogP) is 2.02. The number of nitrogens with one attached hydrogen (secondary N) is 1. The summed E-state index contributed by atoms with van der Waals surface area (Å²) in [7, 11) is 0. The molecule has 0 aliphatic heterocycles. The van der Waals surface area contributed by atoms with Gasteiger partial charge in [-0.3, -0.25) is 14.7 Å². The van der Waals surface area contributed by atoms with E-state index in [1.54, 1.807) is 13.1 Å². The third-order valence-electron chi connectivity index (χ3n) is 3.64. The highest BCUT2D eigenvalue weighted by atomic mass is 16.4. The first-order chi connectivity index (χ1) is 10.6. The van der Waals surface area contributed by atoms with E-state index in [1.807, 2.05) is 30.3 Å². The molecular weight excluding hydrogens is 282 g/mol. The van der Waals surface area contributed by atoms with Gasteiger partial charge < -0.3 is 5.11 Å². The highest BCUT2D eigenvalue weighted by molar-refractivity contribution is 5.77. The Bertz CT molecular complexity index is 894. The molecule has 0 radical (unpaired) electrons. The number of aromatic amines is 1. The molecule has 2 heterocycles. The van der Waals surface area contributed by atoms with Crippen LogP contribution in [0.1, 0.15) is 17.7 Å². The summed E-state index contributed by atoms with van der Waals surface area (Å²) in [6, 6.07) is 9.66. The molecule has 0 atom stereocenters. The standard InChI is InChI=1S/C16H15N3O3/c1-10-12(7-8-14(20)21)16(22)19-15(18-10)13(9-17-19)11-5-3-2-4-6-11/h2-6,9,17H,7-8H2,1H3,(H,20,21). The fraction of sp³-hybridized carbons (Fsp3) is 0.188. The largest absolute Gasteiger partial charge is 0.481 e. The van der Waals surface area contributed by atoms with Crippen molar-refractivity contribution in [2.45, 2.75) is 19.8 Å². The van der Waals surface area contributed by atoms with Crippen molar-refractivity contribution in [3.05, 3.63) is 58.1 Å². The average molecular weight is 297 g/mol. The predicted molar refractivity (Wildman–Crippen MR) is 81.9 cm³/mol. The molecule has 0 fully saturated rings. The van der Waals surface area contributed by atoms with Crippen molar-refractivity contribution in [2.75, 3.05) is 0 Å². The van der Waals surface area contributed by atoms with E-state index >= 15 is 0 Å². The zero-order chi connectivity index (χ0) is 15.7. The van der Waals surface area contributed by atoms with E-state index in [1.165, 1.54) is 4.52 Å². The summed E-state index contributed by atoms with van der Waals surface area (Å²) in [6.45, 7) is 1.74. The lowest BCUT2D eigenvalue weighted by Gasteiger charge is -2.05. The number of fused-ring (bicyclic) bond motifs is 1. The molecule has 0 saturated carbocycles. The van der Waals surface area contributed by atoms with Gasteiger partial charge in [-0.1, -0.05) is 30.3 Å². The molecule has 112 valence electrons. The Hall–Kier alpha value is -2.89. The van der Waals surface area contributed by atoms with Crippen molar-refractivity contribution in [3.8, 4) is 11.1 Å². The molecule has 0 aliphatic rings. The summed E-state index contributed by atoms with van der Waals surface area (Å²) >= 11 is 0. The van der Waals surface area contributed by atoms with Gasteiger partial charge in [0.2, 0.25) is 0 Å². The number of aliphatic carboxylic acids is 1. The molecule has 6 nitrogen and oxygen atoms in total. The number of rotatable bonds is 4. The van der Waals surface area contributed by atoms with Crippen LogP contribution in [0.5, 0.6) is 0 Å². The molecule has 2 N–H and O–H groups in total. The molecule has 1 aromatic carbocycles. The molecule has 0 unspecified atom stereocenters. The number of hydrogen-bond acceptors (Lipinski definition) is 3. The van der Waals surface area contributed by atoms with Gasteiger partial charge in [0.25, 0.3) is 5.56 Å². The number of carboxylic acids is 1. The van der Waals surface area contributed by atoms with Gasteiger partial charge in [-0.2, -0.15) is 0 Å². The minimum absolute atomic E-state index is 0.0872. The van der Waals surface area contributed by atoms with Crippen LogP contribution in [-0.4, -0.2) is 25.7 Å². The maximum atomic E-state index is 12.5. The number of nitrogens with zero attached hydrogens (tertiary/aromatic N) is 2. The second kappa shape index (κ2) is 5.48. The Labute approximate surface area is 126 Å². The maximum absolute atomic E-state index is 12.5. The molecule has 0 bridgehead atoms. The van der Waals surface area contributed by atoms with E-state index < -0.39 is 5.97 Å². The molecule has 0 amide bonds. The maximum Gasteiger partial charge on any atom is 0.303 e. The van der Waals surface area contributed by atoms with Crippen molar-refractivity contribution in [1.82, 2.24) is 14.6 Å². The van der Waals surface area contributed by atoms with Gasteiger partial charge in [0.05, 0.1) is 0 Å². The fourth-order valence-electron chi connectivity index (χ4n) is 2.51. The molecule has 3 rings (SSSR count). The van der Waals surface area contributed by atoms with Crippen LogP contribution >= 0.6 is 0 Å². The molecule has 3 aromatic rings. The highest BCUT2D eigenvalue weighted by Crippen LogP contribution is 2.22. The van der Waals surface area contributed by atoms with Crippen molar-refractivity contribution in [2.24, 2.45) is 0 Å². The third-order valence-corrected chi connectivity index (χ3v) is 3.64. The first kappa shape index (κ1) is 14.1. The summed E-state index contributed by atoms with van der Waals surface area (Å²) in [4.78, 5) is 27.7. The lowest BCUT2D eigenvalue weighted by atomic mass is 10.1. The van der Waals surface area contributed by atoms with Crippen molar-refractivity contribution < 1.29 is 9.90 Å². The van der Waals surface area contributed by atoms with Gasteiger partial charge in [-0.25, -0.2) is 9.50 Å². The van der Waals surface area contributed by atoms with Gasteiger partial charge in [-0.05, 0) is 18.9 Å². The molecular formula is C16H15N3O3. The van der Waals surface area contributed by atoms with Crippen LogP contribution in [0.15, 0.2) is 41.3 Å². The number of hydrogen-bond donors (Lipinski definition) is 2. The highest BCUT2D eigenvalue weighted by Gasteiger charge is 2.15. The van der Waals surface area contributed by atoms with E-state index in [0.717, 1.165) is 11.1 Å². The van der Waals surface area contributed by atoms with E-state index in [2.05, 4.69) is 10.1 Å². The van der Waals surface area contributed by atoms with Crippen LogP contribution < -0.4 is 5.56 Å². The quantitative estimate of drug-likeness (QED) is 0.771. The zero-order valence-corrected chi connectivity index (χ0v) is 12.0. The zero-order valence-electron chi connectivity index (χ0n) is 12.0. The molecule has 22 heavy (non-hydrogen) atoms. The van der Waals surface area contributed by atoms with Gasteiger partial charge in [-0.15, -0.1) is 0 Å². The number of aromatic nitrogens is 3. The molecule has 0 spiro atoms. The molecule has 2 aromatic heterocycles. The first-order valence-corrected chi connectivity index (χ1v) is 6.95. The van der Waals surface area contributed by atoms with Crippen molar-refractivity contribution in [1.29, 1.82) is 0 Å². The Kier molecular flexibility index (Phi) is 3.50. The van der Waals surface area contributed by atoms with Gasteiger partial charge in [0.1, 0.15) is 0 Å². The van der Waals surface area contributed by atoms with Crippen LogP contribution in [0.2, 0.25) is 0 Å². The summed E-state index contributed by atoms with van der Waals surface area (Å²) < 4.78 is 1.37. The number of H-pyrrole nitrogens is 1. The lowest BCUT2D eigenvalue weighted by Crippen LogP contribution is -2.22. The monoisotopic (exact) mass is 297 g/mol. The molecule has 6 heteroatoms. The van der Waals surface area contributed by atoms with Crippen molar-refractivity contribution in [3.63, 3.8) is 0 Å². The second-order valence-corrected chi connectivity index (χ2v) is 5.09. The minimum Gasteiger partial charge on any atom is -0.481 e.